The molecule has 0 saturated carbocycles. The standard InChI is InChI=1S/C21H18Cl2N2O3/c1-4-7-28-20-18(23)9-14(10-19(20)27-3)8-15(12-24)21(26)25-16-6-5-13(2)17(22)11-16/h4-6,8-11H,1,7H2,2-3H3,(H,25,26)/b15-8-. The average molecular weight is 417 g/mol. The zero-order valence-corrected chi connectivity index (χ0v) is 16.9. The number of halogens is 2. The average Bonchev–Trinajstić information content (AvgIpc) is 2.67. The summed E-state index contributed by atoms with van der Waals surface area (Å²) in [5.74, 6) is 0.173. The number of aryl methyl sites for hydroxylation is 1. The molecule has 1 N–H and O–H groups in total. The molecule has 0 aliphatic heterocycles. The molecule has 2 aromatic rings. The number of anilines is 1. The molecule has 1 amide bonds. The van der Waals surface area contributed by atoms with Crippen molar-refractivity contribution in [2.45, 2.75) is 6.92 Å². The van der Waals surface area contributed by atoms with Crippen molar-refractivity contribution in [1.82, 2.24) is 0 Å². The van der Waals surface area contributed by atoms with Crippen molar-refractivity contribution in [3.63, 3.8) is 0 Å². The second-order valence-corrected chi connectivity index (χ2v) is 6.54. The van der Waals surface area contributed by atoms with Crippen LogP contribution in [-0.4, -0.2) is 19.6 Å². The van der Waals surface area contributed by atoms with Crippen molar-refractivity contribution in [2.24, 2.45) is 0 Å². The summed E-state index contributed by atoms with van der Waals surface area (Å²) >= 11 is 12.3. The van der Waals surface area contributed by atoms with Crippen LogP contribution in [0.4, 0.5) is 5.69 Å². The highest BCUT2D eigenvalue weighted by Crippen LogP contribution is 2.37. The second-order valence-electron chi connectivity index (χ2n) is 5.72. The third-order valence-electron chi connectivity index (χ3n) is 3.70. The lowest BCUT2D eigenvalue weighted by Crippen LogP contribution is -2.13. The van der Waals surface area contributed by atoms with Crippen LogP contribution in [0.15, 0.2) is 48.6 Å². The molecule has 144 valence electrons. The molecule has 0 bridgehead atoms. The van der Waals surface area contributed by atoms with Crippen molar-refractivity contribution in [3.8, 4) is 17.6 Å². The minimum atomic E-state index is -0.565. The number of benzene rings is 2. The summed E-state index contributed by atoms with van der Waals surface area (Å²) in [4.78, 5) is 12.4. The van der Waals surface area contributed by atoms with Crippen LogP contribution in [0.5, 0.6) is 11.5 Å². The summed E-state index contributed by atoms with van der Waals surface area (Å²) in [5, 5.41) is 12.9. The fraction of sp³-hybridized carbons (Fsp3) is 0.143. The third kappa shape index (κ3) is 5.29. The normalized spacial score (nSPS) is 10.8. The van der Waals surface area contributed by atoms with Crippen LogP contribution in [0.3, 0.4) is 0 Å². The Balaban J connectivity index is 2.31. The van der Waals surface area contributed by atoms with Crippen molar-refractivity contribution in [2.75, 3.05) is 19.0 Å². The maximum atomic E-state index is 12.4. The third-order valence-corrected chi connectivity index (χ3v) is 4.39. The number of ether oxygens (including phenoxy) is 2. The molecule has 2 aromatic carbocycles. The second kappa shape index (κ2) is 9.84. The molecule has 0 unspecified atom stereocenters. The van der Waals surface area contributed by atoms with Gasteiger partial charge in [0.25, 0.3) is 5.91 Å². The number of methoxy groups -OCH3 is 1. The zero-order chi connectivity index (χ0) is 20.7. The Morgan fingerprint density at radius 2 is 2.04 bits per heavy atom. The van der Waals surface area contributed by atoms with Gasteiger partial charge in [-0.1, -0.05) is 41.9 Å². The van der Waals surface area contributed by atoms with Crippen LogP contribution in [0.2, 0.25) is 10.0 Å². The monoisotopic (exact) mass is 416 g/mol. The first-order chi connectivity index (χ1) is 13.4. The lowest BCUT2D eigenvalue weighted by atomic mass is 10.1. The Bertz CT molecular complexity index is 978. The number of carbonyl (C=O) groups is 1. The molecule has 0 spiro atoms. The van der Waals surface area contributed by atoms with Gasteiger partial charge in [0.05, 0.1) is 12.1 Å². The molecule has 0 saturated heterocycles. The van der Waals surface area contributed by atoms with Gasteiger partial charge in [0.2, 0.25) is 0 Å². The van der Waals surface area contributed by atoms with Gasteiger partial charge in [0.15, 0.2) is 11.5 Å². The van der Waals surface area contributed by atoms with Crippen LogP contribution in [0, 0.1) is 18.3 Å². The van der Waals surface area contributed by atoms with E-state index in [4.69, 9.17) is 32.7 Å². The maximum absolute atomic E-state index is 12.4. The molecular formula is C21H18Cl2N2O3. The lowest BCUT2D eigenvalue weighted by Gasteiger charge is -2.12. The van der Waals surface area contributed by atoms with Crippen LogP contribution < -0.4 is 14.8 Å². The molecular weight excluding hydrogens is 399 g/mol. The molecule has 0 aliphatic carbocycles. The van der Waals surface area contributed by atoms with E-state index in [0.717, 1.165) is 5.56 Å². The van der Waals surface area contributed by atoms with Gasteiger partial charge >= 0.3 is 0 Å². The Labute approximate surface area is 173 Å². The molecule has 0 fully saturated rings. The number of rotatable bonds is 7. The summed E-state index contributed by atoms with van der Waals surface area (Å²) in [6.45, 7) is 5.70. The van der Waals surface area contributed by atoms with Crippen LogP contribution in [-0.2, 0) is 4.79 Å². The molecule has 2 rings (SSSR count). The van der Waals surface area contributed by atoms with E-state index in [1.54, 1.807) is 36.4 Å². The summed E-state index contributed by atoms with van der Waals surface area (Å²) in [5.41, 5.74) is 1.79. The summed E-state index contributed by atoms with van der Waals surface area (Å²) < 4.78 is 10.8. The van der Waals surface area contributed by atoms with Gasteiger partial charge in [-0.3, -0.25) is 4.79 Å². The predicted octanol–water partition coefficient (Wildman–Crippen LogP) is 5.42. The first-order valence-corrected chi connectivity index (χ1v) is 8.95. The number of hydrogen-bond donors (Lipinski definition) is 1. The Kier molecular flexibility index (Phi) is 7.51. The molecule has 7 heteroatoms. The van der Waals surface area contributed by atoms with Gasteiger partial charge in [0, 0.05) is 10.7 Å². The number of nitriles is 1. The first kappa shape index (κ1) is 21.4. The van der Waals surface area contributed by atoms with E-state index in [-0.39, 0.29) is 17.2 Å². The number of hydrogen-bond acceptors (Lipinski definition) is 4. The van der Waals surface area contributed by atoms with Gasteiger partial charge in [-0.25, -0.2) is 0 Å². The minimum Gasteiger partial charge on any atom is -0.493 e. The van der Waals surface area contributed by atoms with E-state index in [1.165, 1.54) is 13.2 Å². The number of carbonyl (C=O) groups excluding carboxylic acids is 1. The number of nitrogens with zero attached hydrogens (tertiary/aromatic N) is 1. The van der Waals surface area contributed by atoms with E-state index in [1.807, 2.05) is 13.0 Å². The Morgan fingerprint density at radius 3 is 2.64 bits per heavy atom. The molecule has 0 heterocycles. The SMILES string of the molecule is C=CCOc1c(Cl)cc(/C=C(/C#N)C(=O)Nc2ccc(C)c(Cl)c2)cc1OC. The number of nitrogens with one attached hydrogen (secondary N) is 1. The van der Waals surface area contributed by atoms with E-state index < -0.39 is 5.91 Å². The van der Waals surface area contributed by atoms with Gasteiger partial charge in [-0.15, -0.1) is 0 Å². The van der Waals surface area contributed by atoms with Crippen molar-refractivity contribution < 1.29 is 14.3 Å². The van der Waals surface area contributed by atoms with E-state index in [9.17, 15) is 10.1 Å². The summed E-state index contributed by atoms with van der Waals surface area (Å²) in [6, 6.07) is 10.2. The maximum Gasteiger partial charge on any atom is 0.266 e. The smallest absolute Gasteiger partial charge is 0.266 e. The highest BCUT2D eigenvalue weighted by Gasteiger charge is 2.14. The fourth-order valence-electron chi connectivity index (χ4n) is 2.29. The molecule has 5 nitrogen and oxygen atoms in total. The van der Waals surface area contributed by atoms with Crippen molar-refractivity contribution in [1.29, 1.82) is 5.26 Å². The van der Waals surface area contributed by atoms with Crippen LogP contribution in [0.1, 0.15) is 11.1 Å². The van der Waals surface area contributed by atoms with Gasteiger partial charge in [0.1, 0.15) is 18.2 Å². The van der Waals surface area contributed by atoms with Gasteiger partial charge < -0.3 is 14.8 Å². The molecule has 28 heavy (non-hydrogen) atoms. The minimum absolute atomic E-state index is 0.102. The van der Waals surface area contributed by atoms with Gasteiger partial charge in [-0.05, 0) is 48.4 Å². The van der Waals surface area contributed by atoms with Crippen molar-refractivity contribution >= 4 is 40.9 Å². The van der Waals surface area contributed by atoms with Crippen LogP contribution >= 0.6 is 23.2 Å². The topological polar surface area (TPSA) is 71.3 Å². The summed E-state index contributed by atoms with van der Waals surface area (Å²) in [7, 11) is 1.47. The largest absolute Gasteiger partial charge is 0.493 e. The Morgan fingerprint density at radius 1 is 1.29 bits per heavy atom. The quantitative estimate of drug-likeness (QED) is 0.371. The number of amides is 1. The highest BCUT2D eigenvalue weighted by atomic mass is 35.5. The van der Waals surface area contributed by atoms with E-state index in [0.29, 0.717) is 27.8 Å². The van der Waals surface area contributed by atoms with Gasteiger partial charge in [-0.2, -0.15) is 5.26 Å². The highest BCUT2D eigenvalue weighted by molar-refractivity contribution is 6.32. The molecule has 0 aliphatic rings. The van der Waals surface area contributed by atoms with E-state index in [2.05, 4.69) is 11.9 Å². The van der Waals surface area contributed by atoms with Crippen molar-refractivity contribution in [3.05, 3.63) is 69.7 Å². The Hall–Kier alpha value is -2.94. The predicted molar refractivity (Wildman–Crippen MR) is 112 cm³/mol. The lowest BCUT2D eigenvalue weighted by molar-refractivity contribution is -0.112. The van der Waals surface area contributed by atoms with E-state index >= 15 is 0 Å². The first-order valence-electron chi connectivity index (χ1n) is 8.20. The molecule has 0 atom stereocenters. The molecule has 0 radical (unpaired) electrons. The van der Waals surface area contributed by atoms with Crippen LogP contribution in [0.25, 0.3) is 6.08 Å². The summed E-state index contributed by atoms with van der Waals surface area (Å²) in [6.07, 6.45) is 3.00. The zero-order valence-electron chi connectivity index (χ0n) is 15.4. The fourth-order valence-corrected chi connectivity index (χ4v) is 2.74. The molecule has 0 aromatic heterocycles.